The van der Waals surface area contributed by atoms with Crippen molar-refractivity contribution in [2.45, 2.75) is 6.61 Å². The van der Waals surface area contributed by atoms with Gasteiger partial charge in [-0.25, -0.2) is 4.98 Å². The van der Waals surface area contributed by atoms with Gasteiger partial charge in [-0.05, 0) is 12.1 Å². The summed E-state index contributed by atoms with van der Waals surface area (Å²) in [5.74, 6) is 3.31. The van der Waals surface area contributed by atoms with Gasteiger partial charge in [0.2, 0.25) is 0 Å². The quantitative estimate of drug-likeness (QED) is 0.687. The normalized spacial score (nSPS) is 9.31. The summed E-state index contributed by atoms with van der Waals surface area (Å²) in [5, 5.41) is 8.85. The summed E-state index contributed by atoms with van der Waals surface area (Å²) in [4.78, 5) is 6.04. The zero-order valence-corrected chi connectivity index (χ0v) is 7.57. The fraction of sp³-hybridized carbons (Fsp3) is 0.300. The van der Waals surface area contributed by atoms with Crippen molar-refractivity contribution in [3.63, 3.8) is 0 Å². The van der Waals surface area contributed by atoms with Crippen LogP contribution in [0.3, 0.4) is 0 Å². The number of hydrogen-bond donors (Lipinski definition) is 1. The largest absolute Gasteiger partial charge is 0.390 e. The Morgan fingerprint density at radius 1 is 1.62 bits per heavy atom. The fourth-order valence-electron chi connectivity index (χ4n) is 0.986. The zero-order chi connectivity index (χ0) is 9.68. The van der Waals surface area contributed by atoms with Crippen LogP contribution < -0.4 is 4.90 Å². The molecule has 1 heterocycles. The second-order valence-electron chi connectivity index (χ2n) is 2.71. The van der Waals surface area contributed by atoms with E-state index in [0.717, 1.165) is 5.82 Å². The van der Waals surface area contributed by atoms with E-state index < -0.39 is 0 Å². The molecule has 1 rings (SSSR count). The number of aliphatic hydroxyl groups is 1. The molecule has 3 heteroatoms. The highest BCUT2D eigenvalue weighted by molar-refractivity contribution is 5.39. The van der Waals surface area contributed by atoms with Crippen molar-refractivity contribution in [1.82, 2.24) is 4.98 Å². The number of aliphatic hydroxyl groups excluding tert-OH is 1. The number of nitrogens with zero attached hydrogens (tertiary/aromatic N) is 2. The molecule has 0 unspecified atom stereocenters. The van der Waals surface area contributed by atoms with Crippen LogP contribution in [0, 0.1) is 12.3 Å². The highest BCUT2D eigenvalue weighted by Crippen LogP contribution is 2.08. The van der Waals surface area contributed by atoms with Gasteiger partial charge in [-0.15, -0.1) is 6.42 Å². The van der Waals surface area contributed by atoms with Gasteiger partial charge in [0.25, 0.3) is 0 Å². The standard InChI is InChI=1S/C10H12N2O/c1-3-7-12(2)10-6-4-5-9(8-13)11-10/h1,4-6,13H,7-8H2,2H3. The summed E-state index contributed by atoms with van der Waals surface area (Å²) < 4.78 is 0. The summed E-state index contributed by atoms with van der Waals surface area (Å²) in [6, 6.07) is 5.48. The van der Waals surface area contributed by atoms with Gasteiger partial charge in [0.1, 0.15) is 5.82 Å². The Labute approximate surface area is 78.0 Å². The molecule has 0 aliphatic heterocycles. The Kier molecular flexibility index (Phi) is 3.30. The minimum absolute atomic E-state index is 0.0439. The zero-order valence-electron chi connectivity index (χ0n) is 7.57. The maximum absolute atomic E-state index is 8.85. The van der Waals surface area contributed by atoms with Gasteiger partial charge in [0, 0.05) is 7.05 Å². The van der Waals surface area contributed by atoms with Crippen molar-refractivity contribution in [2.75, 3.05) is 18.5 Å². The Morgan fingerprint density at radius 3 is 3.00 bits per heavy atom. The molecule has 1 N–H and O–H groups in total. The number of pyridine rings is 1. The third-order valence-corrected chi connectivity index (χ3v) is 1.67. The summed E-state index contributed by atoms with van der Waals surface area (Å²) in [7, 11) is 1.86. The predicted molar refractivity (Wildman–Crippen MR) is 52.3 cm³/mol. The molecule has 0 fully saturated rings. The number of terminal acetylenes is 1. The lowest BCUT2D eigenvalue weighted by Gasteiger charge is -2.14. The molecule has 0 spiro atoms. The Hall–Kier alpha value is -1.53. The van der Waals surface area contributed by atoms with Crippen molar-refractivity contribution in [2.24, 2.45) is 0 Å². The van der Waals surface area contributed by atoms with Gasteiger partial charge in [-0.2, -0.15) is 0 Å². The van der Waals surface area contributed by atoms with Crippen molar-refractivity contribution in [3.05, 3.63) is 23.9 Å². The van der Waals surface area contributed by atoms with Crippen LogP contribution in [0.25, 0.3) is 0 Å². The molecule has 13 heavy (non-hydrogen) atoms. The number of aromatic nitrogens is 1. The highest BCUT2D eigenvalue weighted by Gasteiger charge is 2.00. The minimum atomic E-state index is -0.0439. The van der Waals surface area contributed by atoms with Crippen LogP contribution in [0.5, 0.6) is 0 Å². The van der Waals surface area contributed by atoms with E-state index in [0.29, 0.717) is 12.2 Å². The molecule has 0 aromatic carbocycles. The first kappa shape index (κ1) is 9.56. The molecule has 0 atom stereocenters. The average Bonchev–Trinajstić information content (AvgIpc) is 2.18. The van der Waals surface area contributed by atoms with Crippen LogP contribution in [-0.4, -0.2) is 23.7 Å². The Balaban J connectivity index is 2.83. The van der Waals surface area contributed by atoms with E-state index in [1.807, 2.05) is 24.1 Å². The molecule has 0 saturated carbocycles. The smallest absolute Gasteiger partial charge is 0.129 e. The second kappa shape index (κ2) is 4.48. The molecule has 0 radical (unpaired) electrons. The molecular weight excluding hydrogens is 164 g/mol. The maximum Gasteiger partial charge on any atom is 0.129 e. The lowest BCUT2D eigenvalue weighted by Crippen LogP contribution is -2.18. The van der Waals surface area contributed by atoms with Crippen LogP contribution in [0.4, 0.5) is 5.82 Å². The van der Waals surface area contributed by atoms with Crippen molar-refractivity contribution in [3.8, 4) is 12.3 Å². The molecular formula is C10H12N2O. The highest BCUT2D eigenvalue weighted by atomic mass is 16.3. The third-order valence-electron chi connectivity index (χ3n) is 1.67. The average molecular weight is 176 g/mol. The van der Waals surface area contributed by atoms with Crippen LogP contribution >= 0.6 is 0 Å². The predicted octanol–water partition coefficient (Wildman–Crippen LogP) is 0.643. The van der Waals surface area contributed by atoms with E-state index in [9.17, 15) is 0 Å². The molecule has 0 saturated heterocycles. The van der Waals surface area contributed by atoms with Crippen LogP contribution in [-0.2, 0) is 6.61 Å². The van der Waals surface area contributed by atoms with E-state index in [1.165, 1.54) is 0 Å². The maximum atomic E-state index is 8.85. The van der Waals surface area contributed by atoms with Gasteiger partial charge in [0.15, 0.2) is 0 Å². The Bertz CT molecular complexity index is 317. The van der Waals surface area contributed by atoms with Gasteiger partial charge < -0.3 is 10.0 Å². The SMILES string of the molecule is C#CCN(C)c1cccc(CO)n1. The topological polar surface area (TPSA) is 36.4 Å². The number of hydrogen-bond acceptors (Lipinski definition) is 3. The third kappa shape index (κ3) is 2.46. The minimum Gasteiger partial charge on any atom is -0.390 e. The first-order valence-electron chi connectivity index (χ1n) is 3.99. The van der Waals surface area contributed by atoms with E-state index in [2.05, 4.69) is 10.9 Å². The molecule has 3 nitrogen and oxygen atoms in total. The van der Waals surface area contributed by atoms with Gasteiger partial charge in [-0.1, -0.05) is 12.0 Å². The Morgan fingerprint density at radius 2 is 2.38 bits per heavy atom. The van der Waals surface area contributed by atoms with E-state index >= 15 is 0 Å². The molecule has 1 aromatic rings. The number of rotatable bonds is 3. The summed E-state index contributed by atoms with van der Waals surface area (Å²) in [6.07, 6.45) is 5.17. The molecule has 0 amide bonds. The van der Waals surface area contributed by atoms with Crippen LogP contribution in [0.2, 0.25) is 0 Å². The summed E-state index contributed by atoms with van der Waals surface area (Å²) >= 11 is 0. The lowest BCUT2D eigenvalue weighted by molar-refractivity contribution is 0.277. The monoisotopic (exact) mass is 176 g/mol. The van der Waals surface area contributed by atoms with Crippen LogP contribution in [0.15, 0.2) is 18.2 Å². The molecule has 1 aromatic heterocycles. The first-order chi connectivity index (χ1) is 6.27. The second-order valence-corrected chi connectivity index (χ2v) is 2.71. The lowest BCUT2D eigenvalue weighted by atomic mass is 10.3. The molecule has 68 valence electrons. The van der Waals surface area contributed by atoms with Crippen molar-refractivity contribution < 1.29 is 5.11 Å². The number of anilines is 1. The van der Waals surface area contributed by atoms with Crippen molar-refractivity contribution >= 4 is 5.82 Å². The molecule has 0 aliphatic rings. The van der Waals surface area contributed by atoms with Gasteiger partial charge in [0.05, 0.1) is 18.8 Å². The van der Waals surface area contributed by atoms with Gasteiger partial charge in [-0.3, -0.25) is 0 Å². The molecule has 0 aliphatic carbocycles. The summed E-state index contributed by atoms with van der Waals surface area (Å²) in [6.45, 7) is 0.472. The molecule has 0 bridgehead atoms. The first-order valence-corrected chi connectivity index (χ1v) is 3.99. The van der Waals surface area contributed by atoms with E-state index in [1.54, 1.807) is 6.07 Å². The summed E-state index contributed by atoms with van der Waals surface area (Å²) in [5.41, 5.74) is 0.654. The fourth-order valence-corrected chi connectivity index (χ4v) is 0.986. The van der Waals surface area contributed by atoms with Gasteiger partial charge >= 0.3 is 0 Å². The van der Waals surface area contributed by atoms with Crippen LogP contribution in [0.1, 0.15) is 5.69 Å². The van der Waals surface area contributed by atoms with E-state index in [4.69, 9.17) is 11.5 Å². The van der Waals surface area contributed by atoms with Crippen molar-refractivity contribution in [1.29, 1.82) is 0 Å². The van der Waals surface area contributed by atoms with E-state index in [-0.39, 0.29) is 6.61 Å².